The van der Waals surface area contributed by atoms with Crippen molar-refractivity contribution in [3.05, 3.63) is 0 Å². The zero-order valence-corrected chi connectivity index (χ0v) is 7.51. The molecule has 0 rings (SSSR count). The molecule has 0 heterocycles. The van der Waals surface area contributed by atoms with Crippen LogP contribution in [0.2, 0.25) is 0 Å². The third-order valence-corrected chi connectivity index (χ3v) is 2.20. The number of hydrogen-bond donors (Lipinski definition) is 1. The smallest absolute Gasteiger partial charge is 0.0621 e. The molecule has 0 aromatic rings. The number of nitriles is 1. The fourth-order valence-corrected chi connectivity index (χ4v) is 1.00. The molecule has 0 radical (unpaired) electrons. The molecule has 1 unspecified atom stereocenters. The second kappa shape index (κ2) is 6.18. The monoisotopic (exact) mass is 154 g/mol. The lowest BCUT2D eigenvalue weighted by atomic mass is 9.95. The lowest BCUT2D eigenvalue weighted by molar-refractivity contribution is 0.413. The second-order valence-electron chi connectivity index (χ2n) is 3.10. The first-order valence-corrected chi connectivity index (χ1v) is 4.34. The lowest BCUT2D eigenvalue weighted by Gasteiger charge is -2.16. The number of nitrogens with two attached hydrogens (primary N) is 1. The molecular weight excluding hydrogens is 136 g/mol. The Morgan fingerprint density at radius 2 is 2.18 bits per heavy atom. The number of unbranched alkanes of at least 4 members (excludes halogenated alkanes) is 1. The van der Waals surface area contributed by atoms with Crippen molar-refractivity contribution in [3.63, 3.8) is 0 Å². The van der Waals surface area contributed by atoms with Crippen LogP contribution in [0.4, 0.5) is 0 Å². The van der Waals surface area contributed by atoms with Crippen molar-refractivity contribution in [2.45, 2.75) is 45.6 Å². The third kappa shape index (κ3) is 4.80. The highest BCUT2D eigenvalue weighted by atomic mass is 14.6. The standard InChI is InChI=1S/C9H18N2/c1-3-8(2)9(11)6-4-5-7-10/h8-9H,3-6,11H2,1-2H3/t8-,9?/m0/s1. The molecule has 0 aromatic heterocycles. The molecule has 0 amide bonds. The zero-order valence-electron chi connectivity index (χ0n) is 7.51. The lowest BCUT2D eigenvalue weighted by Crippen LogP contribution is -2.27. The van der Waals surface area contributed by atoms with Crippen LogP contribution >= 0.6 is 0 Å². The Morgan fingerprint density at radius 1 is 1.55 bits per heavy atom. The van der Waals surface area contributed by atoms with Gasteiger partial charge in [0.15, 0.2) is 0 Å². The van der Waals surface area contributed by atoms with Crippen molar-refractivity contribution in [2.75, 3.05) is 0 Å². The molecule has 0 aliphatic rings. The van der Waals surface area contributed by atoms with Crippen LogP contribution in [-0.2, 0) is 0 Å². The highest BCUT2D eigenvalue weighted by Crippen LogP contribution is 2.10. The predicted molar refractivity (Wildman–Crippen MR) is 46.9 cm³/mol. The summed E-state index contributed by atoms with van der Waals surface area (Å²) in [6.07, 6.45) is 3.71. The van der Waals surface area contributed by atoms with Crippen LogP contribution in [0.25, 0.3) is 0 Å². The summed E-state index contributed by atoms with van der Waals surface area (Å²) in [6, 6.07) is 2.41. The number of rotatable bonds is 5. The minimum absolute atomic E-state index is 0.286. The van der Waals surface area contributed by atoms with Crippen molar-refractivity contribution in [2.24, 2.45) is 11.7 Å². The zero-order chi connectivity index (χ0) is 8.69. The van der Waals surface area contributed by atoms with E-state index in [1.165, 1.54) is 0 Å². The van der Waals surface area contributed by atoms with Crippen LogP contribution < -0.4 is 5.73 Å². The van der Waals surface area contributed by atoms with E-state index in [0.717, 1.165) is 19.3 Å². The summed E-state index contributed by atoms with van der Waals surface area (Å²) < 4.78 is 0. The van der Waals surface area contributed by atoms with Gasteiger partial charge in [0, 0.05) is 12.5 Å². The average Bonchev–Trinajstić information content (AvgIpc) is 2.03. The molecule has 2 nitrogen and oxygen atoms in total. The first kappa shape index (κ1) is 10.4. The summed E-state index contributed by atoms with van der Waals surface area (Å²) in [7, 11) is 0. The van der Waals surface area contributed by atoms with Gasteiger partial charge in [0.25, 0.3) is 0 Å². The molecule has 0 spiro atoms. The molecule has 2 heteroatoms. The van der Waals surface area contributed by atoms with Crippen molar-refractivity contribution in [3.8, 4) is 6.07 Å². The van der Waals surface area contributed by atoms with Gasteiger partial charge in [0.1, 0.15) is 0 Å². The normalized spacial score (nSPS) is 15.5. The molecular formula is C9H18N2. The molecule has 11 heavy (non-hydrogen) atoms. The van der Waals surface area contributed by atoms with Gasteiger partial charge in [-0.15, -0.1) is 0 Å². The molecule has 0 saturated heterocycles. The Hall–Kier alpha value is -0.550. The Morgan fingerprint density at radius 3 is 2.64 bits per heavy atom. The van der Waals surface area contributed by atoms with E-state index in [4.69, 9.17) is 11.0 Å². The molecule has 0 aliphatic heterocycles. The van der Waals surface area contributed by atoms with Gasteiger partial charge in [-0.3, -0.25) is 0 Å². The maximum absolute atomic E-state index is 8.28. The number of hydrogen-bond acceptors (Lipinski definition) is 2. The molecule has 0 aromatic carbocycles. The third-order valence-electron chi connectivity index (χ3n) is 2.20. The molecule has 0 bridgehead atoms. The Bertz CT molecular complexity index is 126. The molecule has 0 aliphatic carbocycles. The fourth-order valence-electron chi connectivity index (χ4n) is 1.00. The van der Waals surface area contributed by atoms with Crippen molar-refractivity contribution >= 4 is 0 Å². The molecule has 2 atom stereocenters. The van der Waals surface area contributed by atoms with Crippen LogP contribution in [0, 0.1) is 17.2 Å². The molecule has 0 saturated carbocycles. The summed E-state index contributed by atoms with van der Waals surface area (Å²) in [5.41, 5.74) is 5.86. The van der Waals surface area contributed by atoms with Crippen LogP contribution in [0.1, 0.15) is 39.5 Å². The van der Waals surface area contributed by atoms with Crippen molar-refractivity contribution in [1.29, 1.82) is 5.26 Å². The largest absolute Gasteiger partial charge is 0.327 e. The summed E-state index contributed by atoms with van der Waals surface area (Å²) in [4.78, 5) is 0. The summed E-state index contributed by atoms with van der Waals surface area (Å²) >= 11 is 0. The van der Waals surface area contributed by atoms with Gasteiger partial charge < -0.3 is 5.73 Å². The van der Waals surface area contributed by atoms with E-state index < -0.39 is 0 Å². The molecule has 2 N–H and O–H groups in total. The van der Waals surface area contributed by atoms with E-state index in [2.05, 4.69) is 19.9 Å². The average molecular weight is 154 g/mol. The predicted octanol–water partition coefficient (Wildman–Crippen LogP) is 2.05. The summed E-state index contributed by atoms with van der Waals surface area (Å²) in [5, 5.41) is 8.28. The van der Waals surface area contributed by atoms with Gasteiger partial charge in [-0.25, -0.2) is 0 Å². The van der Waals surface area contributed by atoms with Crippen LogP contribution in [0.3, 0.4) is 0 Å². The quantitative estimate of drug-likeness (QED) is 0.616. The highest BCUT2D eigenvalue weighted by molar-refractivity contribution is 4.73. The minimum Gasteiger partial charge on any atom is -0.327 e. The van der Waals surface area contributed by atoms with Gasteiger partial charge in [-0.05, 0) is 18.8 Å². The SMILES string of the molecule is CC[C@H](C)C(N)CCCC#N. The molecule has 64 valence electrons. The van der Waals surface area contributed by atoms with E-state index >= 15 is 0 Å². The Labute approximate surface area is 69.4 Å². The second-order valence-corrected chi connectivity index (χ2v) is 3.10. The van der Waals surface area contributed by atoms with Gasteiger partial charge in [0.05, 0.1) is 6.07 Å². The van der Waals surface area contributed by atoms with E-state index in [-0.39, 0.29) is 6.04 Å². The van der Waals surface area contributed by atoms with Gasteiger partial charge >= 0.3 is 0 Å². The van der Waals surface area contributed by atoms with Gasteiger partial charge in [-0.1, -0.05) is 20.3 Å². The van der Waals surface area contributed by atoms with Gasteiger partial charge in [0.2, 0.25) is 0 Å². The van der Waals surface area contributed by atoms with Gasteiger partial charge in [-0.2, -0.15) is 5.26 Å². The van der Waals surface area contributed by atoms with Crippen LogP contribution in [0.5, 0.6) is 0 Å². The summed E-state index contributed by atoms with van der Waals surface area (Å²) in [5.74, 6) is 0.591. The van der Waals surface area contributed by atoms with E-state index in [0.29, 0.717) is 12.3 Å². The first-order chi connectivity index (χ1) is 5.22. The Kier molecular flexibility index (Phi) is 5.87. The fraction of sp³-hybridized carbons (Fsp3) is 0.889. The Balaban J connectivity index is 3.37. The van der Waals surface area contributed by atoms with Crippen molar-refractivity contribution in [1.82, 2.24) is 0 Å². The van der Waals surface area contributed by atoms with Crippen molar-refractivity contribution < 1.29 is 0 Å². The summed E-state index contributed by atoms with van der Waals surface area (Å²) in [6.45, 7) is 4.31. The topological polar surface area (TPSA) is 49.8 Å². The maximum Gasteiger partial charge on any atom is 0.0621 e. The van der Waals surface area contributed by atoms with E-state index in [9.17, 15) is 0 Å². The first-order valence-electron chi connectivity index (χ1n) is 4.34. The number of nitrogens with zero attached hydrogens (tertiary/aromatic N) is 1. The van der Waals surface area contributed by atoms with Crippen LogP contribution in [0.15, 0.2) is 0 Å². The van der Waals surface area contributed by atoms with E-state index in [1.54, 1.807) is 0 Å². The molecule has 0 fully saturated rings. The van der Waals surface area contributed by atoms with Crippen LogP contribution in [-0.4, -0.2) is 6.04 Å². The minimum atomic E-state index is 0.286. The van der Waals surface area contributed by atoms with E-state index in [1.807, 2.05) is 0 Å². The highest BCUT2D eigenvalue weighted by Gasteiger charge is 2.09. The maximum atomic E-state index is 8.28.